The number of nitrogens with two attached hydrogens (primary N) is 3. The van der Waals surface area contributed by atoms with E-state index in [4.69, 9.17) is 28.8 Å². The van der Waals surface area contributed by atoms with Crippen LogP contribution in [0.2, 0.25) is 5.02 Å². The van der Waals surface area contributed by atoms with Crippen LogP contribution in [0.4, 0.5) is 11.5 Å². The van der Waals surface area contributed by atoms with Crippen molar-refractivity contribution in [3.63, 3.8) is 0 Å². The summed E-state index contributed by atoms with van der Waals surface area (Å²) in [5, 5.41) is 9.92. The number of aromatic nitrogens is 2. The van der Waals surface area contributed by atoms with Crippen LogP contribution in [0.5, 0.6) is 0 Å². The molecule has 0 atom stereocenters. The predicted molar refractivity (Wildman–Crippen MR) is 144 cm³/mol. The maximum Gasteiger partial charge on any atom is 0.255 e. The molecule has 1 aromatic carbocycles. The molecule has 1 fully saturated rings. The van der Waals surface area contributed by atoms with Gasteiger partial charge < -0.3 is 27.4 Å². The highest BCUT2D eigenvalue weighted by molar-refractivity contribution is 6.32. The Balaban J connectivity index is 0.000000338. The SMILES string of the molecule is C=CC(=O)N1CCCC1.CNc1n[nH]c(C#Cc2cc(N)c(C3=C(N)CCCC3)cc2Cl)c1C(N)=O. The van der Waals surface area contributed by atoms with E-state index in [1.54, 1.807) is 19.2 Å². The zero-order valence-electron chi connectivity index (χ0n) is 20.4. The summed E-state index contributed by atoms with van der Waals surface area (Å²) in [6, 6.07) is 3.52. The number of halogens is 1. The molecule has 36 heavy (non-hydrogen) atoms. The second kappa shape index (κ2) is 12.2. The average Bonchev–Trinajstić information content (AvgIpc) is 3.55. The Morgan fingerprint density at radius 1 is 1.17 bits per heavy atom. The monoisotopic (exact) mass is 509 g/mol. The number of allylic oxidation sites excluding steroid dienone is 2. The van der Waals surface area contributed by atoms with Crippen molar-refractivity contribution in [1.29, 1.82) is 0 Å². The van der Waals surface area contributed by atoms with Gasteiger partial charge in [0.25, 0.3) is 5.91 Å². The molecule has 1 aliphatic heterocycles. The predicted octanol–water partition coefficient (Wildman–Crippen LogP) is 3.22. The number of hydrogen-bond acceptors (Lipinski definition) is 6. The van der Waals surface area contributed by atoms with Gasteiger partial charge in [0, 0.05) is 42.6 Å². The molecule has 0 radical (unpaired) electrons. The molecule has 0 spiro atoms. The number of nitrogen functional groups attached to an aromatic ring is 1. The number of H-pyrrole nitrogens is 1. The zero-order chi connectivity index (χ0) is 26.2. The van der Waals surface area contributed by atoms with Crippen LogP contribution in [0, 0.1) is 11.8 Å². The van der Waals surface area contributed by atoms with Gasteiger partial charge in [-0.3, -0.25) is 14.7 Å². The minimum atomic E-state index is -0.627. The van der Waals surface area contributed by atoms with Crippen LogP contribution in [-0.2, 0) is 4.79 Å². The van der Waals surface area contributed by atoms with Gasteiger partial charge in [-0.15, -0.1) is 0 Å². The first-order valence-electron chi connectivity index (χ1n) is 11.8. The van der Waals surface area contributed by atoms with Gasteiger partial charge in [-0.05, 0) is 68.2 Å². The minimum absolute atomic E-state index is 0.0764. The fourth-order valence-electron chi connectivity index (χ4n) is 4.23. The quantitative estimate of drug-likeness (QED) is 0.242. The molecule has 190 valence electrons. The van der Waals surface area contributed by atoms with Crippen molar-refractivity contribution in [3.8, 4) is 11.8 Å². The number of amides is 2. The number of hydrogen-bond donors (Lipinski definition) is 5. The summed E-state index contributed by atoms with van der Waals surface area (Å²) in [7, 11) is 1.64. The van der Waals surface area contributed by atoms with E-state index in [9.17, 15) is 9.59 Å². The number of likely N-dealkylation sites (tertiary alicyclic amines) is 1. The van der Waals surface area contributed by atoms with Crippen molar-refractivity contribution in [2.24, 2.45) is 11.5 Å². The van der Waals surface area contributed by atoms with Crippen molar-refractivity contribution in [3.05, 3.63) is 57.9 Å². The second-order valence-corrected chi connectivity index (χ2v) is 8.96. The first-order chi connectivity index (χ1) is 17.3. The molecule has 1 saturated heterocycles. The summed E-state index contributed by atoms with van der Waals surface area (Å²) in [5.74, 6) is 5.57. The van der Waals surface area contributed by atoms with Gasteiger partial charge in [0.15, 0.2) is 5.82 Å². The number of anilines is 2. The lowest BCUT2D eigenvalue weighted by Gasteiger charge is -2.19. The summed E-state index contributed by atoms with van der Waals surface area (Å²) in [6.07, 6.45) is 7.62. The van der Waals surface area contributed by atoms with E-state index in [-0.39, 0.29) is 11.5 Å². The van der Waals surface area contributed by atoms with E-state index in [0.717, 1.165) is 68.4 Å². The minimum Gasteiger partial charge on any atom is -0.402 e. The summed E-state index contributed by atoms with van der Waals surface area (Å²) >= 11 is 6.42. The summed E-state index contributed by atoms with van der Waals surface area (Å²) in [5.41, 5.74) is 22.2. The van der Waals surface area contributed by atoms with Gasteiger partial charge in [-0.25, -0.2) is 0 Å². The van der Waals surface area contributed by atoms with E-state index in [1.165, 1.54) is 6.08 Å². The maximum atomic E-state index is 11.6. The third kappa shape index (κ3) is 6.20. The highest BCUT2D eigenvalue weighted by Crippen LogP contribution is 2.35. The van der Waals surface area contributed by atoms with Crippen LogP contribution in [0.1, 0.15) is 65.7 Å². The average molecular weight is 510 g/mol. The van der Waals surface area contributed by atoms with E-state index in [1.807, 2.05) is 4.90 Å². The smallest absolute Gasteiger partial charge is 0.255 e. The highest BCUT2D eigenvalue weighted by atomic mass is 35.5. The van der Waals surface area contributed by atoms with Crippen molar-refractivity contribution < 1.29 is 9.59 Å². The Bertz CT molecular complexity index is 1250. The number of rotatable bonds is 4. The third-order valence-electron chi connectivity index (χ3n) is 6.14. The molecule has 2 aromatic rings. The maximum absolute atomic E-state index is 11.6. The lowest BCUT2D eigenvalue weighted by atomic mass is 9.90. The number of carbonyl (C=O) groups excluding carboxylic acids is 2. The van der Waals surface area contributed by atoms with Crippen molar-refractivity contribution in [2.75, 3.05) is 31.2 Å². The van der Waals surface area contributed by atoms with Gasteiger partial charge in [0.1, 0.15) is 11.3 Å². The molecule has 4 rings (SSSR count). The van der Waals surface area contributed by atoms with E-state index in [2.05, 4.69) is 33.9 Å². The third-order valence-corrected chi connectivity index (χ3v) is 6.45. The Morgan fingerprint density at radius 2 is 1.86 bits per heavy atom. The molecule has 0 bridgehead atoms. The molecule has 9 nitrogen and oxygen atoms in total. The lowest BCUT2D eigenvalue weighted by Crippen LogP contribution is -2.25. The number of primary amides is 1. The van der Waals surface area contributed by atoms with Crippen molar-refractivity contribution in [2.45, 2.75) is 38.5 Å². The fourth-order valence-corrected chi connectivity index (χ4v) is 4.44. The summed E-state index contributed by atoms with van der Waals surface area (Å²) in [4.78, 5) is 24.3. The highest BCUT2D eigenvalue weighted by Gasteiger charge is 2.18. The molecular formula is C26H32ClN7O2. The Labute approximate surface area is 216 Å². The van der Waals surface area contributed by atoms with Crippen LogP contribution in [0.25, 0.3) is 5.57 Å². The lowest BCUT2D eigenvalue weighted by molar-refractivity contribution is -0.124. The molecule has 2 aliphatic rings. The van der Waals surface area contributed by atoms with Gasteiger partial charge in [-0.1, -0.05) is 24.1 Å². The number of benzene rings is 1. The van der Waals surface area contributed by atoms with E-state index in [0.29, 0.717) is 27.8 Å². The zero-order valence-corrected chi connectivity index (χ0v) is 21.2. The van der Waals surface area contributed by atoms with Crippen LogP contribution in [0.15, 0.2) is 30.5 Å². The van der Waals surface area contributed by atoms with Crippen molar-refractivity contribution >= 4 is 40.5 Å². The van der Waals surface area contributed by atoms with E-state index < -0.39 is 5.91 Å². The molecule has 2 amide bonds. The van der Waals surface area contributed by atoms with Crippen LogP contribution >= 0.6 is 11.6 Å². The Hall–Kier alpha value is -3.90. The summed E-state index contributed by atoms with van der Waals surface area (Å²) in [6.45, 7) is 5.26. The molecule has 1 aromatic heterocycles. The van der Waals surface area contributed by atoms with Gasteiger partial charge in [0.2, 0.25) is 5.91 Å². The standard InChI is InChI=1S/C19H21ClN6O.C7H11NO/c1-24-19-17(18(23)27)16(25-26-19)7-6-10-8-15(22)12(9-13(10)20)11-4-2-3-5-14(11)21;1-2-7(9)8-5-3-4-6-8/h8-9H,2-5,21-22H2,1H3,(H2,23,27)(H2,24,25,26);2H,1,3-6H2. The number of nitrogens with one attached hydrogen (secondary N) is 2. The van der Waals surface area contributed by atoms with Gasteiger partial charge in [0.05, 0.1) is 5.02 Å². The second-order valence-electron chi connectivity index (χ2n) is 8.55. The first kappa shape index (κ1) is 26.7. The molecular weight excluding hydrogens is 478 g/mol. The number of aromatic amines is 1. The molecule has 1 aliphatic carbocycles. The van der Waals surface area contributed by atoms with Crippen LogP contribution < -0.4 is 22.5 Å². The summed E-state index contributed by atoms with van der Waals surface area (Å²) < 4.78 is 0. The molecule has 0 unspecified atom stereocenters. The molecule has 10 heteroatoms. The fraction of sp³-hybridized carbons (Fsp3) is 0.346. The normalized spacial score (nSPS) is 14.9. The van der Waals surface area contributed by atoms with Gasteiger partial charge >= 0.3 is 0 Å². The number of nitrogens with zero attached hydrogens (tertiary/aromatic N) is 2. The van der Waals surface area contributed by atoms with Crippen LogP contribution in [0.3, 0.4) is 0 Å². The molecule has 0 saturated carbocycles. The van der Waals surface area contributed by atoms with Gasteiger partial charge in [-0.2, -0.15) is 5.10 Å². The first-order valence-corrected chi connectivity index (χ1v) is 12.2. The molecule has 2 heterocycles. The van der Waals surface area contributed by atoms with E-state index >= 15 is 0 Å². The number of carbonyl (C=O) groups is 2. The topological polar surface area (TPSA) is 156 Å². The Kier molecular flexibility index (Phi) is 9.03. The van der Waals surface area contributed by atoms with Crippen LogP contribution in [-0.4, -0.2) is 47.0 Å². The van der Waals surface area contributed by atoms with Crippen molar-refractivity contribution in [1.82, 2.24) is 15.1 Å². The molecule has 8 N–H and O–H groups in total. The largest absolute Gasteiger partial charge is 0.402 e. The Morgan fingerprint density at radius 3 is 2.47 bits per heavy atom.